The third-order valence-corrected chi connectivity index (χ3v) is 32.5. The first kappa shape index (κ1) is 36.0. The fourth-order valence-electron chi connectivity index (χ4n) is 3.71. The number of hydrogen-bond donors (Lipinski definition) is 0. The van der Waals surface area contributed by atoms with Crippen LogP contribution in [0.25, 0.3) is 0 Å². The molecule has 1 heterocycles. The molecular weight excluding hydrogens is 812 g/mol. The van der Waals surface area contributed by atoms with Crippen molar-refractivity contribution in [2.45, 2.75) is 23.0 Å². The number of halogens is 6. The van der Waals surface area contributed by atoms with E-state index in [0.717, 1.165) is 22.3 Å². The molecule has 0 saturated heterocycles. The van der Waals surface area contributed by atoms with Gasteiger partial charge >= 0.3 is 0 Å². The van der Waals surface area contributed by atoms with Gasteiger partial charge in [-0.25, -0.2) is 4.52 Å². The van der Waals surface area contributed by atoms with Crippen LogP contribution in [0, 0.1) is 0 Å². The van der Waals surface area contributed by atoms with Crippen LogP contribution >= 0.6 is 132 Å². The van der Waals surface area contributed by atoms with Crippen molar-refractivity contribution in [2.75, 3.05) is 0 Å². The Morgan fingerprint density at radius 1 is 0.386 bits per heavy atom. The first-order chi connectivity index (χ1) is 21.0. The molecule has 0 atom stereocenters. The van der Waals surface area contributed by atoms with E-state index in [-0.39, 0.29) is 0 Å². The zero-order chi connectivity index (χ0) is 31.2. The lowest BCUT2D eigenvalue weighted by Crippen LogP contribution is -1.86. The second-order valence-electron chi connectivity index (χ2n) is 9.30. The summed E-state index contributed by atoms with van der Waals surface area (Å²) in [6, 6.07) is 31.4. The molecule has 4 aromatic carbocycles. The second-order valence-corrected chi connectivity index (χ2v) is 32.2. The van der Waals surface area contributed by atoms with Crippen LogP contribution in [0.2, 0.25) is 20.1 Å². The summed E-state index contributed by atoms with van der Waals surface area (Å²) in [5, 5.41) is 2.78. The molecule has 0 spiro atoms. The maximum absolute atomic E-state index is 7.07. The largest absolute Gasteiger partial charge is 0.256 e. The smallest absolute Gasteiger partial charge is 0.202 e. The summed E-state index contributed by atoms with van der Waals surface area (Å²) in [4.78, 5) is 0. The molecule has 0 fully saturated rings. The molecule has 0 unspecified atom stereocenters. The topological polar surface area (TPSA) is 37.1 Å². The normalized spacial score (nSPS) is 16.4. The Hall–Kier alpha value is 0.710. The SMILES string of the molecule is Clc1ccc(CSP2(SCc3ccc(Cl)cc3)=NP(Cl)(Cl)=NP(SCc3ccc(Cl)cc3)(SCc3ccc(Cl)cc3)=N2)cc1. The third-order valence-electron chi connectivity index (χ3n) is 5.92. The molecule has 1 aliphatic rings. The molecule has 0 saturated carbocycles. The summed E-state index contributed by atoms with van der Waals surface area (Å²) in [6.45, 7) is 0. The highest BCUT2D eigenvalue weighted by Crippen LogP contribution is 2.94. The van der Waals surface area contributed by atoms with Crippen LogP contribution < -0.4 is 0 Å². The fourth-order valence-corrected chi connectivity index (χ4v) is 39.7. The highest BCUT2D eigenvalue weighted by Gasteiger charge is 2.37. The van der Waals surface area contributed by atoms with Crippen molar-refractivity contribution in [1.29, 1.82) is 0 Å². The third kappa shape index (κ3) is 10.9. The van der Waals surface area contributed by atoms with Crippen LogP contribution in [0.15, 0.2) is 111 Å². The quantitative estimate of drug-likeness (QED) is 0.133. The van der Waals surface area contributed by atoms with Gasteiger partial charge in [-0.1, -0.05) is 140 Å². The van der Waals surface area contributed by atoms with E-state index in [9.17, 15) is 0 Å². The monoisotopic (exact) mass is 833 g/mol. The maximum Gasteiger partial charge on any atom is 0.256 e. The molecule has 4 aromatic rings. The van der Waals surface area contributed by atoms with Gasteiger partial charge in [0.25, 0.3) is 5.91 Å². The van der Waals surface area contributed by atoms with Gasteiger partial charge in [-0.2, -0.15) is 9.03 Å². The first-order valence-corrected chi connectivity index (χ1v) is 27.6. The maximum atomic E-state index is 7.07. The zero-order valence-corrected chi connectivity index (χ0v) is 33.1. The van der Waals surface area contributed by atoms with Crippen LogP contribution in [0.3, 0.4) is 0 Å². The van der Waals surface area contributed by atoms with Gasteiger partial charge in [0.15, 0.2) is 11.2 Å². The lowest BCUT2D eigenvalue weighted by atomic mass is 10.2. The van der Waals surface area contributed by atoms with Crippen molar-refractivity contribution >= 4 is 132 Å². The minimum absolute atomic E-state index is 0.684. The van der Waals surface area contributed by atoms with E-state index < -0.39 is 17.1 Å². The van der Waals surface area contributed by atoms with Gasteiger partial charge in [0, 0.05) is 43.1 Å². The Morgan fingerprint density at radius 3 is 0.909 bits per heavy atom. The fraction of sp³-hybridized carbons (Fsp3) is 0.143. The minimum Gasteiger partial charge on any atom is -0.202 e. The van der Waals surface area contributed by atoms with E-state index in [1.54, 1.807) is 45.5 Å². The minimum atomic E-state index is -3.06. The highest BCUT2D eigenvalue weighted by molar-refractivity contribution is 8.96. The van der Waals surface area contributed by atoms with Gasteiger partial charge < -0.3 is 0 Å². The summed E-state index contributed by atoms with van der Waals surface area (Å²) < 4.78 is 15.9. The van der Waals surface area contributed by atoms with Gasteiger partial charge in [0.2, 0.25) is 0 Å². The van der Waals surface area contributed by atoms with E-state index in [1.165, 1.54) is 0 Å². The van der Waals surface area contributed by atoms with Gasteiger partial charge in [0.05, 0.1) is 0 Å². The Kier molecular flexibility index (Phi) is 13.4. The lowest BCUT2D eigenvalue weighted by molar-refractivity contribution is 1.42. The molecule has 0 bridgehead atoms. The van der Waals surface area contributed by atoms with Crippen LogP contribution in [0.4, 0.5) is 0 Å². The Labute approximate surface area is 304 Å². The first-order valence-electron chi connectivity index (χ1n) is 12.9. The number of hydrogen-bond acceptors (Lipinski definition) is 7. The standard InChI is InChI=1S/C28H24Cl6N3P3S4/c29-25-9-1-21(2-10-25)17-41-39(42-18-22-3-11-26(30)12-4-22)35-38(33,34)36-40(37-39,43-19-23-5-13-27(31)14-6-23)44-20-24-7-15-28(32)16-8-24/h1-16H,17-20H2. The van der Waals surface area contributed by atoms with Crippen molar-refractivity contribution in [2.24, 2.45) is 13.5 Å². The van der Waals surface area contributed by atoms with Gasteiger partial charge in [-0.05, 0) is 93.3 Å². The van der Waals surface area contributed by atoms with E-state index in [4.69, 9.17) is 82.4 Å². The van der Waals surface area contributed by atoms with Gasteiger partial charge in [0.1, 0.15) is 0 Å². The van der Waals surface area contributed by atoms with Crippen LogP contribution in [0.5, 0.6) is 0 Å². The van der Waals surface area contributed by atoms with Crippen molar-refractivity contribution in [3.05, 3.63) is 139 Å². The number of rotatable bonds is 12. The summed E-state index contributed by atoms with van der Waals surface area (Å²) in [6.07, 6.45) is 0. The van der Waals surface area contributed by atoms with E-state index >= 15 is 0 Å². The van der Waals surface area contributed by atoms with Crippen molar-refractivity contribution in [3.63, 3.8) is 0 Å². The molecule has 0 aliphatic carbocycles. The zero-order valence-electron chi connectivity index (χ0n) is 22.7. The predicted molar refractivity (Wildman–Crippen MR) is 211 cm³/mol. The Morgan fingerprint density at radius 2 is 0.636 bits per heavy atom. The Bertz CT molecular complexity index is 1540. The molecule has 0 radical (unpaired) electrons. The summed E-state index contributed by atoms with van der Waals surface area (Å²) in [5.74, 6) is -0.330. The molecule has 0 aromatic heterocycles. The van der Waals surface area contributed by atoms with Crippen LogP contribution in [-0.2, 0) is 23.0 Å². The van der Waals surface area contributed by atoms with E-state index in [2.05, 4.69) is 0 Å². The van der Waals surface area contributed by atoms with Gasteiger partial charge in [-0.15, -0.1) is 0 Å². The molecule has 16 heteroatoms. The summed E-state index contributed by atoms with van der Waals surface area (Å²) in [7, 11) is 0. The van der Waals surface area contributed by atoms with Crippen molar-refractivity contribution in [3.8, 4) is 0 Å². The molecule has 232 valence electrons. The van der Waals surface area contributed by atoms with E-state index in [1.807, 2.05) is 97.1 Å². The van der Waals surface area contributed by atoms with Crippen molar-refractivity contribution < 1.29 is 0 Å². The molecule has 1 aliphatic heterocycles. The molecule has 44 heavy (non-hydrogen) atoms. The van der Waals surface area contributed by atoms with Crippen LogP contribution in [-0.4, -0.2) is 0 Å². The molecular formula is C28H24Cl6N3P3S4. The second kappa shape index (κ2) is 16.4. The Balaban J connectivity index is 1.56. The number of nitrogens with zero attached hydrogens (tertiary/aromatic N) is 3. The predicted octanol–water partition coefficient (Wildman–Crippen LogP) is 16.7. The molecule has 5 rings (SSSR count). The highest BCUT2D eigenvalue weighted by atomic mass is 35.9. The van der Waals surface area contributed by atoms with Gasteiger partial charge in [-0.3, -0.25) is 0 Å². The number of benzene rings is 4. The summed E-state index contributed by atoms with van der Waals surface area (Å²) >= 11 is 45.7. The molecule has 3 nitrogen and oxygen atoms in total. The molecule has 0 amide bonds. The lowest BCUT2D eigenvalue weighted by Gasteiger charge is -2.31. The molecule has 0 N–H and O–H groups in total. The summed E-state index contributed by atoms with van der Waals surface area (Å²) in [5.41, 5.74) is -0.649. The average Bonchev–Trinajstić information content (AvgIpc) is 2.99. The van der Waals surface area contributed by atoms with Crippen LogP contribution in [0.1, 0.15) is 22.3 Å². The average molecular weight is 836 g/mol. The van der Waals surface area contributed by atoms with Crippen molar-refractivity contribution in [1.82, 2.24) is 0 Å². The van der Waals surface area contributed by atoms with E-state index in [0.29, 0.717) is 43.1 Å².